The van der Waals surface area contributed by atoms with E-state index in [1.54, 1.807) is 0 Å². The SMILES string of the molecule is O=C(O)C1CCC[N+]1(Cc1ccccc1)C(=O)Oc1ccc([N+](=O)[O-])cc1. The van der Waals surface area contributed by atoms with E-state index >= 15 is 0 Å². The molecule has 8 nitrogen and oxygen atoms in total. The predicted molar refractivity (Wildman–Crippen MR) is 95.1 cm³/mol. The standard InChI is InChI=1S/C19H18N2O6/c22-18(23)17-7-4-12-21(17,13-14-5-2-1-3-6-14)19(24)27-16-10-8-15(9-11-16)20(25)26/h1-3,5-6,8-11,17H,4,7,12-13H2/p+1. The molecule has 1 aliphatic heterocycles. The van der Waals surface area contributed by atoms with Gasteiger partial charge in [0.2, 0.25) is 0 Å². The topological polar surface area (TPSA) is 107 Å². The number of carbonyl (C=O) groups excluding carboxylic acids is 1. The zero-order chi connectivity index (χ0) is 19.4. The second kappa shape index (κ2) is 7.55. The summed E-state index contributed by atoms with van der Waals surface area (Å²) in [6, 6.07) is 13.5. The van der Waals surface area contributed by atoms with Crippen LogP contribution >= 0.6 is 0 Å². The molecule has 2 aromatic rings. The Morgan fingerprint density at radius 2 is 1.81 bits per heavy atom. The molecule has 2 unspecified atom stereocenters. The van der Waals surface area contributed by atoms with Gasteiger partial charge in [-0.3, -0.25) is 10.1 Å². The van der Waals surface area contributed by atoms with Crippen molar-refractivity contribution in [3.8, 4) is 5.75 Å². The second-order valence-corrected chi connectivity index (χ2v) is 6.52. The molecule has 2 atom stereocenters. The molecule has 1 heterocycles. The number of nitrogens with zero attached hydrogens (tertiary/aromatic N) is 2. The lowest BCUT2D eigenvalue weighted by atomic mass is 10.1. The number of ether oxygens (including phenoxy) is 1. The van der Waals surface area contributed by atoms with Gasteiger partial charge in [0.1, 0.15) is 12.3 Å². The van der Waals surface area contributed by atoms with Crippen LogP contribution in [-0.2, 0) is 11.3 Å². The highest BCUT2D eigenvalue weighted by Crippen LogP contribution is 2.32. The fourth-order valence-electron chi connectivity index (χ4n) is 3.51. The maximum absolute atomic E-state index is 13.0. The molecule has 0 aromatic heterocycles. The van der Waals surface area contributed by atoms with Crippen LogP contribution in [0.4, 0.5) is 10.5 Å². The molecule has 1 fully saturated rings. The van der Waals surface area contributed by atoms with Crippen molar-refractivity contribution in [2.75, 3.05) is 6.54 Å². The third kappa shape index (κ3) is 3.80. The van der Waals surface area contributed by atoms with Crippen molar-refractivity contribution in [1.82, 2.24) is 0 Å². The lowest BCUT2D eigenvalue weighted by Crippen LogP contribution is -2.59. The van der Waals surface area contributed by atoms with Crippen LogP contribution < -0.4 is 4.74 Å². The van der Waals surface area contributed by atoms with Crippen LogP contribution in [0.2, 0.25) is 0 Å². The number of benzene rings is 2. The van der Waals surface area contributed by atoms with Crippen molar-refractivity contribution in [3.63, 3.8) is 0 Å². The number of carboxylic acids is 1. The summed E-state index contributed by atoms with van der Waals surface area (Å²) in [5.41, 5.74) is 0.721. The summed E-state index contributed by atoms with van der Waals surface area (Å²) in [6.07, 6.45) is 0.314. The minimum absolute atomic E-state index is 0.118. The Bertz CT molecular complexity index is 852. The fourth-order valence-corrected chi connectivity index (χ4v) is 3.51. The second-order valence-electron chi connectivity index (χ2n) is 6.52. The Hall–Kier alpha value is -3.26. The summed E-state index contributed by atoms with van der Waals surface area (Å²) in [7, 11) is 0. The first kappa shape index (κ1) is 18.5. The quantitative estimate of drug-likeness (QED) is 0.491. The minimum atomic E-state index is -1.04. The van der Waals surface area contributed by atoms with Crippen LogP contribution in [0.15, 0.2) is 54.6 Å². The molecular weight excluding hydrogens is 352 g/mol. The fraction of sp³-hybridized carbons (Fsp3) is 0.263. The number of hydrogen-bond donors (Lipinski definition) is 1. The highest BCUT2D eigenvalue weighted by Gasteiger charge is 2.53. The van der Waals surface area contributed by atoms with E-state index in [0.29, 0.717) is 19.4 Å². The third-order valence-corrected chi connectivity index (χ3v) is 4.84. The Kier molecular flexibility index (Phi) is 5.18. The van der Waals surface area contributed by atoms with Crippen LogP contribution in [0.3, 0.4) is 0 Å². The largest absolute Gasteiger partial charge is 0.522 e. The molecule has 0 saturated carbocycles. The van der Waals surface area contributed by atoms with Gasteiger partial charge in [-0.2, -0.15) is 4.79 Å². The molecule has 1 N–H and O–H groups in total. The maximum Gasteiger partial charge on any atom is 0.522 e. The number of quaternary nitrogens is 1. The van der Waals surface area contributed by atoms with Gasteiger partial charge in [-0.15, -0.1) is 0 Å². The number of rotatable bonds is 5. The Balaban J connectivity index is 1.89. The molecule has 1 aliphatic rings. The van der Waals surface area contributed by atoms with Gasteiger partial charge >= 0.3 is 12.1 Å². The van der Waals surface area contributed by atoms with Gasteiger partial charge in [0.05, 0.1) is 11.5 Å². The van der Waals surface area contributed by atoms with E-state index in [4.69, 9.17) is 4.74 Å². The number of amides is 1. The lowest BCUT2D eigenvalue weighted by molar-refractivity contribution is -0.873. The zero-order valence-electron chi connectivity index (χ0n) is 14.5. The van der Waals surface area contributed by atoms with Crippen LogP contribution in [0.5, 0.6) is 5.75 Å². The molecule has 3 rings (SSSR count). The normalized spacial score (nSPS) is 21.6. The predicted octanol–water partition coefficient (Wildman–Crippen LogP) is 3.36. The summed E-state index contributed by atoms with van der Waals surface area (Å²) in [5.74, 6) is -0.892. The van der Waals surface area contributed by atoms with E-state index in [9.17, 15) is 24.8 Å². The summed E-state index contributed by atoms with van der Waals surface area (Å²) >= 11 is 0. The summed E-state index contributed by atoms with van der Waals surface area (Å²) < 4.78 is 5.10. The van der Waals surface area contributed by atoms with Crippen molar-refractivity contribution in [3.05, 3.63) is 70.3 Å². The molecule has 2 aromatic carbocycles. The number of nitro groups is 1. The van der Waals surface area contributed by atoms with Crippen molar-refractivity contribution in [1.29, 1.82) is 0 Å². The number of nitro benzene ring substituents is 1. The molecule has 8 heteroatoms. The van der Waals surface area contributed by atoms with Gasteiger partial charge < -0.3 is 9.84 Å². The van der Waals surface area contributed by atoms with E-state index in [0.717, 1.165) is 5.56 Å². The zero-order valence-corrected chi connectivity index (χ0v) is 14.5. The molecule has 0 aliphatic carbocycles. The highest BCUT2D eigenvalue weighted by atomic mass is 16.6. The van der Waals surface area contributed by atoms with Crippen molar-refractivity contribution in [2.45, 2.75) is 25.4 Å². The summed E-state index contributed by atoms with van der Waals surface area (Å²) in [5, 5.41) is 20.4. The van der Waals surface area contributed by atoms with Gasteiger partial charge in [-0.1, -0.05) is 30.3 Å². The average Bonchev–Trinajstić information content (AvgIpc) is 3.08. The molecule has 1 amide bonds. The number of hydrogen-bond acceptors (Lipinski definition) is 5. The van der Waals surface area contributed by atoms with E-state index in [1.165, 1.54) is 24.3 Å². The Morgan fingerprint density at radius 3 is 2.41 bits per heavy atom. The first-order valence-corrected chi connectivity index (χ1v) is 8.53. The van der Waals surface area contributed by atoms with Crippen LogP contribution in [-0.4, -0.2) is 39.2 Å². The monoisotopic (exact) mass is 371 g/mol. The number of non-ortho nitro benzene ring substituents is 1. The number of aliphatic carboxylic acids is 1. The van der Waals surface area contributed by atoms with E-state index in [2.05, 4.69) is 0 Å². The van der Waals surface area contributed by atoms with E-state index in [1.807, 2.05) is 30.3 Å². The van der Waals surface area contributed by atoms with Crippen LogP contribution in [0.1, 0.15) is 18.4 Å². The van der Waals surface area contributed by atoms with Crippen molar-refractivity contribution in [2.24, 2.45) is 0 Å². The number of likely N-dealkylation sites (tertiary alicyclic amines) is 1. The Labute approximate surface area is 155 Å². The minimum Gasteiger partial charge on any atom is -0.477 e. The molecular formula is C19H19N2O6+. The molecule has 27 heavy (non-hydrogen) atoms. The Morgan fingerprint density at radius 1 is 1.15 bits per heavy atom. The highest BCUT2D eigenvalue weighted by molar-refractivity contribution is 5.76. The van der Waals surface area contributed by atoms with Crippen LogP contribution in [0.25, 0.3) is 0 Å². The first-order valence-electron chi connectivity index (χ1n) is 8.53. The van der Waals surface area contributed by atoms with Crippen molar-refractivity contribution < 1.29 is 28.8 Å². The van der Waals surface area contributed by atoms with Gasteiger partial charge in [0.25, 0.3) is 5.69 Å². The molecule has 1 saturated heterocycles. The summed E-state index contributed by atoms with van der Waals surface area (Å²) in [4.78, 5) is 35.0. The van der Waals surface area contributed by atoms with Gasteiger partial charge in [-0.25, -0.2) is 9.28 Å². The van der Waals surface area contributed by atoms with Gasteiger partial charge in [0, 0.05) is 30.5 Å². The smallest absolute Gasteiger partial charge is 0.477 e. The van der Waals surface area contributed by atoms with Gasteiger partial charge in [0.15, 0.2) is 6.04 Å². The third-order valence-electron chi connectivity index (χ3n) is 4.84. The van der Waals surface area contributed by atoms with Gasteiger partial charge in [-0.05, 0) is 12.1 Å². The number of carboxylic acid groups (broad SMARTS) is 1. The number of carbonyl (C=O) groups is 2. The first-order chi connectivity index (χ1) is 12.9. The van der Waals surface area contributed by atoms with E-state index in [-0.39, 0.29) is 22.5 Å². The lowest BCUT2D eigenvalue weighted by Gasteiger charge is -2.33. The van der Waals surface area contributed by atoms with E-state index < -0.39 is 23.0 Å². The summed E-state index contributed by atoms with van der Waals surface area (Å²) in [6.45, 7) is 0.571. The van der Waals surface area contributed by atoms with Crippen LogP contribution in [0, 0.1) is 10.1 Å². The molecule has 0 bridgehead atoms. The molecule has 0 spiro atoms. The maximum atomic E-state index is 13.0. The molecule has 0 radical (unpaired) electrons. The van der Waals surface area contributed by atoms with Crippen molar-refractivity contribution >= 4 is 17.7 Å². The average molecular weight is 371 g/mol. The molecule has 140 valence electrons.